The third-order valence-corrected chi connectivity index (χ3v) is 4.41. The van der Waals surface area contributed by atoms with E-state index < -0.39 is 0 Å². The molecular formula is C12H16N6S. The van der Waals surface area contributed by atoms with Crippen LogP contribution in [-0.2, 0) is 0 Å². The zero-order chi connectivity index (χ0) is 12.7. The van der Waals surface area contributed by atoms with Crippen LogP contribution in [-0.4, -0.2) is 44.9 Å². The van der Waals surface area contributed by atoms with Crippen LogP contribution in [0.5, 0.6) is 0 Å². The SMILES string of the molecule is C1CCN(c2nc(N3CCCC3)c3nsnc3n2)C1. The van der Waals surface area contributed by atoms with Crippen LogP contribution in [0.1, 0.15) is 25.7 Å². The maximum absolute atomic E-state index is 4.78. The average molecular weight is 276 g/mol. The van der Waals surface area contributed by atoms with Crippen LogP contribution in [0.4, 0.5) is 11.8 Å². The molecule has 4 heterocycles. The molecule has 2 aromatic heterocycles. The minimum Gasteiger partial charge on any atom is -0.355 e. The summed E-state index contributed by atoms with van der Waals surface area (Å²) in [5.41, 5.74) is 1.62. The first-order valence-corrected chi connectivity index (χ1v) is 7.65. The van der Waals surface area contributed by atoms with Gasteiger partial charge in [-0.1, -0.05) is 0 Å². The van der Waals surface area contributed by atoms with E-state index in [9.17, 15) is 0 Å². The van der Waals surface area contributed by atoms with Gasteiger partial charge in [-0.25, -0.2) is 0 Å². The van der Waals surface area contributed by atoms with Crippen LogP contribution in [0.3, 0.4) is 0 Å². The van der Waals surface area contributed by atoms with Gasteiger partial charge < -0.3 is 9.80 Å². The molecule has 0 aromatic carbocycles. The minimum absolute atomic E-state index is 0.754. The number of hydrogen-bond donors (Lipinski definition) is 0. The zero-order valence-electron chi connectivity index (χ0n) is 10.7. The molecule has 100 valence electrons. The van der Waals surface area contributed by atoms with E-state index >= 15 is 0 Å². The fourth-order valence-electron chi connectivity index (χ4n) is 2.87. The fourth-order valence-corrected chi connectivity index (χ4v) is 3.36. The predicted octanol–water partition coefficient (Wildman–Crippen LogP) is 1.68. The van der Waals surface area contributed by atoms with E-state index in [2.05, 4.69) is 23.5 Å². The summed E-state index contributed by atoms with van der Waals surface area (Å²) in [4.78, 5) is 13.9. The van der Waals surface area contributed by atoms with E-state index in [1.54, 1.807) is 0 Å². The molecule has 0 unspecified atom stereocenters. The van der Waals surface area contributed by atoms with Gasteiger partial charge in [-0.05, 0) is 25.7 Å². The van der Waals surface area contributed by atoms with E-state index in [-0.39, 0.29) is 0 Å². The number of anilines is 2. The van der Waals surface area contributed by atoms with E-state index in [1.807, 2.05) is 0 Å². The molecule has 0 aliphatic carbocycles. The highest BCUT2D eigenvalue weighted by atomic mass is 32.1. The summed E-state index contributed by atoms with van der Waals surface area (Å²) >= 11 is 1.23. The lowest BCUT2D eigenvalue weighted by molar-refractivity contribution is 0.880. The number of hydrogen-bond acceptors (Lipinski definition) is 7. The molecule has 4 rings (SSSR count). The Labute approximate surface area is 115 Å². The number of rotatable bonds is 2. The van der Waals surface area contributed by atoms with Crippen molar-refractivity contribution in [1.82, 2.24) is 18.7 Å². The molecule has 0 saturated carbocycles. The Morgan fingerprint density at radius 2 is 1.47 bits per heavy atom. The third-order valence-electron chi connectivity index (χ3n) is 3.89. The first-order chi connectivity index (χ1) is 9.42. The second kappa shape index (κ2) is 4.56. The van der Waals surface area contributed by atoms with Gasteiger partial charge in [0.2, 0.25) is 11.6 Å². The molecule has 7 heteroatoms. The van der Waals surface area contributed by atoms with E-state index in [1.165, 1.54) is 37.4 Å². The van der Waals surface area contributed by atoms with E-state index in [4.69, 9.17) is 4.98 Å². The summed E-state index contributed by atoms with van der Waals surface area (Å²) < 4.78 is 8.69. The Bertz CT molecular complexity index is 585. The molecule has 2 fully saturated rings. The summed E-state index contributed by atoms with van der Waals surface area (Å²) in [6, 6.07) is 0. The van der Waals surface area contributed by atoms with Crippen LogP contribution in [0.25, 0.3) is 11.2 Å². The van der Waals surface area contributed by atoms with Gasteiger partial charge in [-0.2, -0.15) is 18.7 Å². The molecule has 19 heavy (non-hydrogen) atoms. The van der Waals surface area contributed by atoms with Gasteiger partial charge in [0.15, 0.2) is 11.3 Å². The largest absolute Gasteiger partial charge is 0.355 e. The maximum Gasteiger partial charge on any atom is 0.229 e. The summed E-state index contributed by atoms with van der Waals surface area (Å²) in [5, 5.41) is 0. The Morgan fingerprint density at radius 1 is 0.789 bits per heavy atom. The molecule has 0 radical (unpaired) electrons. The molecule has 2 aliphatic rings. The van der Waals surface area contributed by atoms with Crippen molar-refractivity contribution in [2.45, 2.75) is 25.7 Å². The second-order valence-electron chi connectivity index (χ2n) is 5.17. The summed E-state index contributed by atoms with van der Waals surface area (Å²) in [6.07, 6.45) is 4.94. The Hall–Kier alpha value is -1.50. The first-order valence-electron chi connectivity index (χ1n) is 6.92. The van der Waals surface area contributed by atoms with Crippen LogP contribution in [0, 0.1) is 0 Å². The van der Waals surface area contributed by atoms with Crippen molar-refractivity contribution in [3.05, 3.63) is 0 Å². The summed E-state index contributed by atoms with van der Waals surface area (Å²) in [6.45, 7) is 4.26. The highest BCUT2D eigenvalue weighted by Crippen LogP contribution is 2.28. The van der Waals surface area contributed by atoms with Crippen LogP contribution in [0.15, 0.2) is 0 Å². The third kappa shape index (κ3) is 1.92. The lowest BCUT2D eigenvalue weighted by Crippen LogP contribution is -2.24. The standard InChI is InChI=1S/C12H16N6S/c1-2-6-17(5-1)11-9-10(16-19-15-9)13-12(14-11)18-7-3-4-8-18/h1-8H2. The van der Waals surface area contributed by atoms with Crippen molar-refractivity contribution in [2.24, 2.45) is 0 Å². The first kappa shape index (κ1) is 11.3. The molecule has 0 amide bonds. The van der Waals surface area contributed by atoms with Gasteiger partial charge in [-0.3, -0.25) is 0 Å². The lowest BCUT2D eigenvalue weighted by Gasteiger charge is -2.20. The van der Waals surface area contributed by atoms with Crippen LogP contribution in [0.2, 0.25) is 0 Å². The maximum atomic E-state index is 4.78. The van der Waals surface area contributed by atoms with Gasteiger partial charge in [-0.15, -0.1) is 0 Å². The molecule has 2 aliphatic heterocycles. The van der Waals surface area contributed by atoms with Crippen molar-refractivity contribution in [3.63, 3.8) is 0 Å². The summed E-state index contributed by atoms with van der Waals surface area (Å²) in [7, 11) is 0. The highest BCUT2D eigenvalue weighted by Gasteiger charge is 2.23. The minimum atomic E-state index is 0.754. The fraction of sp³-hybridized carbons (Fsp3) is 0.667. The van der Waals surface area contributed by atoms with Crippen LogP contribution < -0.4 is 9.80 Å². The quantitative estimate of drug-likeness (QED) is 0.832. The van der Waals surface area contributed by atoms with Crippen molar-refractivity contribution >= 4 is 34.7 Å². The molecule has 0 N–H and O–H groups in total. The summed E-state index contributed by atoms with van der Waals surface area (Å²) in [5.74, 6) is 1.82. The van der Waals surface area contributed by atoms with Crippen molar-refractivity contribution in [1.29, 1.82) is 0 Å². The number of nitrogens with zero attached hydrogens (tertiary/aromatic N) is 6. The van der Waals surface area contributed by atoms with E-state index in [0.717, 1.165) is 49.1 Å². The smallest absolute Gasteiger partial charge is 0.229 e. The molecule has 2 aromatic rings. The van der Waals surface area contributed by atoms with Crippen molar-refractivity contribution < 1.29 is 0 Å². The highest BCUT2D eigenvalue weighted by molar-refractivity contribution is 7.00. The molecule has 0 atom stereocenters. The topological polar surface area (TPSA) is 58.0 Å². The lowest BCUT2D eigenvalue weighted by atomic mass is 10.4. The number of fused-ring (bicyclic) bond motifs is 1. The van der Waals surface area contributed by atoms with Gasteiger partial charge >= 0.3 is 0 Å². The normalized spacial score (nSPS) is 19.8. The van der Waals surface area contributed by atoms with Gasteiger partial charge in [0, 0.05) is 26.2 Å². The monoisotopic (exact) mass is 276 g/mol. The van der Waals surface area contributed by atoms with E-state index in [0.29, 0.717) is 0 Å². The Morgan fingerprint density at radius 3 is 2.21 bits per heavy atom. The molecule has 6 nitrogen and oxygen atoms in total. The van der Waals surface area contributed by atoms with Gasteiger partial charge in [0.05, 0.1) is 11.7 Å². The Balaban J connectivity index is 1.81. The second-order valence-corrected chi connectivity index (χ2v) is 5.70. The number of aromatic nitrogens is 4. The average Bonchev–Trinajstić information content (AvgIpc) is 3.18. The molecular weight excluding hydrogens is 260 g/mol. The van der Waals surface area contributed by atoms with Crippen molar-refractivity contribution in [2.75, 3.05) is 36.0 Å². The molecule has 0 bridgehead atoms. The molecule has 2 saturated heterocycles. The zero-order valence-corrected chi connectivity index (χ0v) is 11.6. The predicted molar refractivity (Wildman–Crippen MR) is 75.9 cm³/mol. The van der Waals surface area contributed by atoms with Crippen LogP contribution >= 0.6 is 11.7 Å². The molecule has 0 spiro atoms. The van der Waals surface area contributed by atoms with Gasteiger partial charge in [0.1, 0.15) is 0 Å². The Kier molecular flexibility index (Phi) is 2.72. The van der Waals surface area contributed by atoms with Crippen molar-refractivity contribution in [3.8, 4) is 0 Å². The van der Waals surface area contributed by atoms with Gasteiger partial charge in [0.25, 0.3) is 0 Å².